The first-order valence-corrected chi connectivity index (χ1v) is 5.15. The van der Waals surface area contributed by atoms with E-state index in [9.17, 15) is 4.39 Å². The molecule has 90 valence electrons. The van der Waals surface area contributed by atoms with Crippen LogP contribution >= 0.6 is 0 Å². The molecule has 2 rings (SSSR count). The number of para-hydroxylation sites is 2. The Hall–Kier alpha value is -2.03. The smallest absolute Gasteiger partial charge is 0.165 e. The Balaban J connectivity index is 0.000000171. The molecule has 0 aromatic heterocycles. The number of rotatable bonds is 2. The fourth-order valence-corrected chi connectivity index (χ4v) is 1.17. The summed E-state index contributed by atoms with van der Waals surface area (Å²) in [5.41, 5.74) is 0. The predicted octanol–water partition coefficient (Wildman–Crippen LogP) is 3.53. The van der Waals surface area contributed by atoms with Gasteiger partial charge in [-0.1, -0.05) is 30.3 Å². The van der Waals surface area contributed by atoms with Gasteiger partial charge in [-0.05, 0) is 24.3 Å². The zero-order valence-corrected chi connectivity index (χ0v) is 9.89. The standard InChI is InChI=1S/C7H7FO.C7H8O/c1-9-7-5-3-2-4-6(7)8;1-8-7-5-3-2-4-6-7/h2-5H,1H3;2-6H,1H3. The maximum absolute atomic E-state index is 12.5. The first-order chi connectivity index (χ1) is 8.27. The Labute approximate surface area is 101 Å². The summed E-state index contributed by atoms with van der Waals surface area (Å²) < 4.78 is 22.0. The number of ether oxygens (including phenoxy) is 2. The molecule has 0 unspecified atom stereocenters. The van der Waals surface area contributed by atoms with Gasteiger partial charge in [-0.15, -0.1) is 0 Å². The summed E-state index contributed by atoms with van der Waals surface area (Å²) in [6.07, 6.45) is 0. The second-order valence-corrected chi connectivity index (χ2v) is 3.15. The van der Waals surface area contributed by atoms with Gasteiger partial charge in [-0.25, -0.2) is 4.39 Å². The highest BCUT2D eigenvalue weighted by molar-refractivity contribution is 5.23. The average Bonchev–Trinajstić information content (AvgIpc) is 2.41. The molecule has 0 aliphatic rings. The fraction of sp³-hybridized carbons (Fsp3) is 0.143. The maximum atomic E-state index is 12.5. The number of methoxy groups -OCH3 is 2. The molecule has 0 aliphatic heterocycles. The third-order valence-electron chi connectivity index (χ3n) is 2.04. The van der Waals surface area contributed by atoms with Crippen molar-refractivity contribution in [1.29, 1.82) is 0 Å². The lowest BCUT2D eigenvalue weighted by molar-refractivity contribution is 0.386. The number of hydrogen-bond acceptors (Lipinski definition) is 2. The third kappa shape index (κ3) is 4.55. The molecular formula is C14H15FO2. The highest BCUT2D eigenvalue weighted by Gasteiger charge is 1.95. The monoisotopic (exact) mass is 234 g/mol. The Bertz CT molecular complexity index is 429. The summed E-state index contributed by atoms with van der Waals surface area (Å²) in [6.45, 7) is 0. The molecule has 0 spiro atoms. The molecule has 0 atom stereocenters. The van der Waals surface area contributed by atoms with Gasteiger partial charge in [0.1, 0.15) is 5.75 Å². The van der Waals surface area contributed by atoms with Crippen LogP contribution in [0.4, 0.5) is 4.39 Å². The van der Waals surface area contributed by atoms with Crippen LogP contribution in [-0.4, -0.2) is 14.2 Å². The van der Waals surface area contributed by atoms with E-state index in [0.29, 0.717) is 0 Å². The van der Waals surface area contributed by atoms with Crippen molar-refractivity contribution in [1.82, 2.24) is 0 Å². The van der Waals surface area contributed by atoms with Crippen LogP contribution in [0.3, 0.4) is 0 Å². The Morgan fingerprint density at radius 3 is 1.76 bits per heavy atom. The van der Waals surface area contributed by atoms with Gasteiger partial charge in [-0.3, -0.25) is 0 Å². The molecule has 0 heterocycles. The lowest BCUT2D eigenvalue weighted by atomic mass is 10.3. The normalized spacial score (nSPS) is 8.88. The zero-order chi connectivity index (χ0) is 12.5. The third-order valence-corrected chi connectivity index (χ3v) is 2.04. The highest BCUT2D eigenvalue weighted by Crippen LogP contribution is 2.13. The van der Waals surface area contributed by atoms with E-state index in [-0.39, 0.29) is 11.6 Å². The zero-order valence-electron chi connectivity index (χ0n) is 9.89. The lowest BCUT2D eigenvalue weighted by Crippen LogP contribution is -1.85. The van der Waals surface area contributed by atoms with Crippen LogP contribution < -0.4 is 9.47 Å². The van der Waals surface area contributed by atoms with E-state index in [1.807, 2.05) is 30.3 Å². The molecule has 2 nitrogen and oxygen atoms in total. The van der Waals surface area contributed by atoms with E-state index in [1.54, 1.807) is 25.3 Å². The second-order valence-electron chi connectivity index (χ2n) is 3.15. The van der Waals surface area contributed by atoms with Crippen molar-refractivity contribution in [2.24, 2.45) is 0 Å². The van der Waals surface area contributed by atoms with Gasteiger partial charge in [0.2, 0.25) is 0 Å². The summed E-state index contributed by atoms with van der Waals surface area (Å²) in [4.78, 5) is 0. The first kappa shape index (κ1) is 13.0. The summed E-state index contributed by atoms with van der Waals surface area (Å²) >= 11 is 0. The van der Waals surface area contributed by atoms with E-state index >= 15 is 0 Å². The van der Waals surface area contributed by atoms with Crippen LogP contribution in [0.5, 0.6) is 11.5 Å². The first-order valence-electron chi connectivity index (χ1n) is 5.15. The van der Waals surface area contributed by atoms with E-state index in [0.717, 1.165) is 5.75 Å². The minimum Gasteiger partial charge on any atom is -0.497 e. The maximum Gasteiger partial charge on any atom is 0.165 e. The van der Waals surface area contributed by atoms with Crippen molar-refractivity contribution in [2.45, 2.75) is 0 Å². The van der Waals surface area contributed by atoms with Crippen LogP contribution in [0, 0.1) is 5.82 Å². The Morgan fingerprint density at radius 1 is 0.765 bits per heavy atom. The minimum atomic E-state index is -0.319. The van der Waals surface area contributed by atoms with Crippen LogP contribution in [-0.2, 0) is 0 Å². The summed E-state index contributed by atoms with van der Waals surface area (Å²) in [7, 11) is 3.10. The van der Waals surface area contributed by atoms with Crippen molar-refractivity contribution in [3.05, 3.63) is 60.4 Å². The predicted molar refractivity (Wildman–Crippen MR) is 65.9 cm³/mol. The molecule has 3 heteroatoms. The molecule has 0 amide bonds. The van der Waals surface area contributed by atoms with Gasteiger partial charge in [0.15, 0.2) is 11.6 Å². The Kier molecular flexibility index (Phi) is 5.58. The highest BCUT2D eigenvalue weighted by atomic mass is 19.1. The fourth-order valence-electron chi connectivity index (χ4n) is 1.17. The van der Waals surface area contributed by atoms with Crippen molar-refractivity contribution in [2.75, 3.05) is 14.2 Å². The molecule has 0 saturated heterocycles. The van der Waals surface area contributed by atoms with E-state index in [2.05, 4.69) is 4.74 Å². The molecule has 0 radical (unpaired) electrons. The second kappa shape index (κ2) is 7.28. The van der Waals surface area contributed by atoms with Crippen molar-refractivity contribution in [3.8, 4) is 11.5 Å². The van der Waals surface area contributed by atoms with Crippen LogP contribution in [0.2, 0.25) is 0 Å². The van der Waals surface area contributed by atoms with Crippen LogP contribution in [0.1, 0.15) is 0 Å². The molecular weight excluding hydrogens is 219 g/mol. The molecule has 0 aliphatic carbocycles. The molecule has 2 aromatic carbocycles. The van der Waals surface area contributed by atoms with Crippen LogP contribution in [0.25, 0.3) is 0 Å². The van der Waals surface area contributed by atoms with Crippen molar-refractivity contribution < 1.29 is 13.9 Å². The number of halogens is 1. The molecule has 0 saturated carbocycles. The van der Waals surface area contributed by atoms with E-state index in [4.69, 9.17) is 4.74 Å². The van der Waals surface area contributed by atoms with Crippen molar-refractivity contribution in [3.63, 3.8) is 0 Å². The number of benzene rings is 2. The van der Waals surface area contributed by atoms with Crippen LogP contribution in [0.15, 0.2) is 54.6 Å². The van der Waals surface area contributed by atoms with Gasteiger partial charge in [-0.2, -0.15) is 0 Å². The molecule has 0 N–H and O–H groups in total. The summed E-state index contributed by atoms with van der Waals surface area (Å²) in [5, 5.41) is 0. The van der Waals surface area contributed by atoms with Crippen molar-refractivity contribution >= 4 is 0 Å². The average molecular weight is 234 g/mol. The van der Waals surface area contributed by atoms with Gasteiger partial charge < -0.3 is 9.47 Å². The summed E-state index contributed by atoms with van der Waals surface area (Å²) in [6, 6.07) is 16.0. The molecule has 2 aromatic rings. The van der Waals surface area contributed by atoms with E-state index < -0.39 is 0 Å². The molecule has 17 heavy (non-hydrogen) atoms. The minimum absolute atomic E-state index is 0.289. The largest absolute Gasteiger partial charge is 0.497 e. The van der Waals surface area contributed by atoms with E-state index in [1.165, 1.54) is 13.2 Å². The van der Waals surface area contributed by atoms with Gasteiger partial charge in [0, 0.05) is 0 Å². The number of hydrogen-bond donors (Lipinski definition) is 0. The quantitative estimate of drug-likeness (QED) is 0.791. The Morgan fingerprint density at radius 2 is 1.35 bits per heavy atom. The summed E-state index contributed by atoms with van der Waals surface area (Å²) in [5.74, 6) is 0.880. The topological polar surface area (TPSA) is 18.5 Å². The molecule has 0 fully saturated rings. The molecule has 0 bridgehead atoms. The van der Waals surface area contributed by atoms with Gasteiger partial charge in [0.05, 0.1) is 14.2 Å². The SMILES string of the molecule is COc1ccccc1.COc1ccccc1F. The van der Waals surface area contributed by atoms with Gasteiger partial charge in [0.25, 0.3) is 0 Å². The lowest BCUT2D eigenvalue weighted by Gasteiger charge is -1.97. The van der Waals surface area contributed by atoms with Gasteiger partial charge >= 0.3 is 0 Å².